The molecule has 2 aromatic rings. The molecule has 0 unspecified atom stereocenters. The van der Waals surface area contributed by atoms with E-state index in [2.05, 4.69) is 9.71 Å². The van der Waals surface area contributed by atoms with Crippen LogP contribution in [0.25, 0.3) is 5.65 Å². The number of nitrogens with one attached hydrogen (secondary N) is 2. The molecule has 3 aliphatic rings. The monoisotopic (exact) mass is 531 g/mol. The summed E-state index contributed by atoms with van der Waals surface area (Å²) in [4.78, 5) is 6.31. The maximum Gasteiger partial charge on any atom is 0.327 e. The molecule has 14 heteroatoms. The van der Waals surface area contributed by atoms with Crippen LogP contribution in [0.2, 0.25) is 0 Å². The van der Waals surface area contributed by atoms with Gasteiger partial charge in [-0.1, -0.05) is 0 Å². The lowest BCUT2D eigenvalue weighted by atomic mass is 9.77. The Morgan fingerprint density at radius 2 is 1.97 bits per heavy atom. The number of thioether (sulfide) groups is 1. The van der Waals surface area contributed by atoms with Crippen molar-refractivity contribution in [1.82, 2.24) is 14.1 Å². The number of nitrogens with zero attached hydrogens (tertiary/aromatic N) is 3. The van der Waals surface area contributed by atoms with Crippen LogP contribution in [0.5, 0.6) is 0 Å². The maximum absolute atomic E-state index is 13.5. The van der Waals surface area contributed by atoms with Gasteiger partial charge >= 0.3 is 6.43 Å². The molecule has 190 valence electrons. The third-order valence-corrected chi connectivity index (χ3v) is 9.35. The van der Waals surface area contributed by atoms with E-state index in [1.165, 1.54) is 22.9 Å². The van der Waals surface area contributed by atoms with Crippen LogP contribution >= 0.6 is 11.8 Å². The van der Waals surface area contributed by atoms with Gasteiger partial charge in [-0.3, -0.25) is 9.81 Å². The fourth-order valence-electron chi connectivity index (χ4n) is 4.47. The fraction of sp³-hybridized carbons (Fsp3) is 0.571. The zero-order valence-electron chi connectivity index (χ0n) is 18.8. The molecule has 2 saturated heterocycles. The van der Waals surface area contributed by atoms with E-state index in [9.17, 15) is 21.6 Å². The van der Waals surface area contributed by atoms with Crippen molar-refractivity contribution in [2.75, 3.05) is 37.9 Å². The number of ether oxygens (including phenoxy) is 1. The van der Waals surface area contributed by atoms with Crippen molar-refractivity contribution in [3.63, 3.8) is 0 Å². The second kappa shape index (κ2) is 8.75. The van der Waals surface area contributed by atoms with Crippen molar-refractivity contribution in [1.29, 1.82) is 5.41 Å². The minimum absolute atomic E-state index is 0.116. The Morgan fingerprint density at radius 3 is 2.51 bits per heavy atom. The van der Waals surface area contributed by atoms with Crippen molar-refractivity contribution in [2.24, 2.45) is 5.41 Å². The molecule has 35 heavy (non-hydrogen) atoms. The Bertz CT molecular complexity index is 1280. The van der Waals surface area contributed by atoms with Crippen LogP contribution in [0.15, 0.2) is 23.4 Å². The van der Waals surface area contributed by atoms with E-state index in [0.29, 0.717) is 62.2 Å². The summed E-state index contributed by atoms with van der Waals surface area (Å²) in [5.74, 6) is 0. The van der Waals surface area contributed by atoms with Crippen LogP contribution in [0, 0.1) is 10.8 Å². The van der Waals surface area contributed by atoms with Crippen LogP contribution in [0.1, 0.15) is 31.4 Å². The van der Waals surface area contributed by atoms with Gasteiger partial charge in [0.15, 0.2) is 5.65 Å². The Kier molecular flexibility index (Phi) is 6.13. The zero-order valence-corrected chi connectivity index (χ0v) is 20.4. The Morgan fingerprint density at radius 1 is 1.29 bits per heavy atom. The molecule has 1 aliphatic carbocycles. The van der Waals surface area contributed by atoms with Crippen molar-refractivity contribution < 1.29 is 31.7 Å². The summed E-state index contributed by atoms with van der Waals surface area (Å²) in [5, 5.41) is 12.6. The van der Waals surface area contributed by atoms with Crippen LogP contribution in [-0.2, 0) is 14.8 Å². The number of rotatable bonds is 7. The second-order valence-corrected chi connectivity index (χ2v) is 12.3. The summed E-state index contributed by atoms with van der Waals surface area (Å²) in [5.41, 5.74) is 0.130. The van der Waals surface area contributed by atoms with Crippen LogP contribution < -0.4 is 15.0 Å². The molecule has 0 bridgehead atoms. The highest BCUT2D eigenvalue weighted by Gasteiger charge is 2.47. The maximum atomic E-state index is 13.5. The number of pyridine rings is 1. The molecular weight excluding hydrogens is 505 g/mol. The summed E-state index contributed by atoms with van der Waals surface area (Å²) in [6.07, 6.45) is 2.28. The van der Waals surface area contributed by atoms with Gasteiger partial charge in [0.25, 0.3) is 5.04 Å². The van der Waals surface area contributed by atoms with Gasteiger partial charge in [0.2, 0.25) is 10.0 Å². The molecule has 2 aliphatic heterocycles. The first-order chi connectivity index (χ1) is 16.6. The van der Waals surface area contributed by atoms with Gasteiger partial charge in [0.1, 0.15) is 16.6 Å². The number of nitrogens with two attached hydrogens (primary N) is 1. The van der Waals surface area contributed by atoms with Crippen LogP contribution in [-0.4, -0.2) is 72.8 Å². The summed E-state index contributed by atoms with van der Waals surface area (Å²) < 4.78 is 75.0. The fourth-order valence-corrected chi connectivity index (χ4v) is 6.50. The Hall–Kier alpha value is -2.16. The van der Waals surface area contributed by atoms with Gasteiger partial charge in [0, 0.05) is 36.5 Å². The number of anilines is 1. The van der Waals surface area contributed by atoms with E-state index in [1.54, 1.807) is 0 Å². The van der Waals surface area contributed by atoms with Gasteiger partial charge in [-0.25, -0.2) is 27.9 Å². The minimum atomic E-state index is -4.11. The average Bonchev–Trinajstić information content (AvgIpc) is 3.43. The van der Waals surface area contributed by atoms with Gasteiger partial charge in [-0.15, -0.1) is 0 Å². The number of hydrogen-bond acceptors (Lipinski definition) is 7. The third-order valence-electron chi connectivity index (χ3n) is 6.98. The van der Waals surface area contributed by atoms with E-state index >= 15 is 0 Å². The molecule has 4 N–H and O–H groups in total. The number of aromatic nitrogens is 2. The van der Waals surface area contributed by atoms with Gasteiger partial charge < -0.3 is 9.64 Å². The van der Waals surface area contributed by atoms with Crippen molar-refractivity contribution in [3.05, 3.63) is 24.2 Å². The smallest absolute Gasteiger partial charge is 0.327 e. The standard InChI is InChI=1S/C21H25F3N6O3S2/c22-10-21(1-2-21)28-35(31,32)13-7-14(29-5-3-20(4-6-29)11-33-12-20)19-27-8-15(30(19)9-13)17(25)34-18(26)16(23)24/h7-9,16,25-26,28H,1-6,10-12H2/p+1. The number of sulfonamides is 1. The lowest BCUT2D eigenvalue weighted by Gasteiger charge is -2.47. The predicted molar refractivity (Wildman–Crippen MR) is 126 cm³/mol. The van der Waals surface area contributed by atoms with Crippen molar-refractivity contribution >= 4 is 43.2 Å². The predicted octanol–water partition coefficient (Wildman–Crippen LogP) is 1.21. The van der Waals surface area contributed by atoms with E-state index < -0.39 is 33.7 Å². The molecule has 2 aromatic heterocycles. The lowest BCUT2D eigenvalue weighted by Crippen LogP contribution is -2.51. The molecule has 0 radical (unpaired) electrons. The highest BCUT2D eigenvalue weighted by atomic mass is 32.2. The molecule has 1 saturated carbocycles. The van der Waals surface area contributed by atoms with Crippen molar-refractivity contribution in [3.8, 4) is 0 Å². The van der Waals surface area contributed by atoms with E-state index in [-0.39, 0.29) is 21.0 Å². The largest absolute Gasteiger partial charge is 0.380 e. The van der Waals surface area contributed by atoms with Gasteiger partial charge in [-0.2, -0.15) is 8.78 Å². The van der Waals surface area contributed by atoms with Crippen LogP contribution in [0.4, 0.5) is 18.9 Å². The van der Waals surface area contributed by atoms with E-state index in [0.717, 1.165) is 12.8 Å². The SMILES string of the molecule is N=C(SC(=[NH2+])C(F)F)c1cnc2c(N3CCC4(CC3)COC4)cc(S(=O)(=O)NC3(CF)CC3)cn12. The van der Waals surface area contributed by atoms with Crippen molar-refractivity contribution in [2.45, 2.75) is 42.5 Å². The number of imidazole rings is 1. The van der Waals surface area contributed by atoms with Gasteiger partial charge in [-0.05, 0) is 31.7 Å². The number of hydrogen-bond donors (Lipinski definition) is 3. The number of alkyl halides is 3. The highest BCUT2D eigenvalue weighted by molar-refractivity contribution is 8.26. The molecule has 1 spiro atoms. The summed E-state index contributed by atoms with van der Waals surface area (Å²) in [6.45, 7) is 1.93. The number of halogens is 3. The molecule has 0 atom stereocenters. The van der Waals surface area contributed by atoms with E-state index in [1.807, 2.05) is 4.90 Å². The average molecular weight is 532 g/mol. The minimum Gasteiger partial charge on any atom is -0.380 e. The Labute approximate surface area is 204 Å². The number of piperidine rings is 1. The van der Waals surface area contributed by atoms with E-state index in [4.69, 9.17) is 15.6 Å². The molecule has 3 fully saturated rings. The summed E-state index contributed by atoms with van der Waals surface area (Å²) >= 11 is 0.394. The topological polar surface area (TPSA) is 125 Å². The second-order valence-electron chi connectivity index (χ2n) is 9.53. The molecule has 4 heterocycles. The number of fused-ring (bicyclic) bond motifs is 1. The molecule has 5 rings (SSSR count). The zero-order chi connectivity index (χ0) is 25.0. The summed E-state index contributed by atoms with van der Waals surface area (Å²) in [6, 6.07) is 1.51. The normalized spacial score (nSPS) is 20.9. The third kappa shape index (κ3) is 4.56. The summed E-state index contributed by atoms with van der Waals surface area (Å²) in [7, 11) is -4.11. The van der Waals surface area contributed by atoms with Gasteiger partial charge in [0.05, 0.1) is 36.3 Å². The first kappa shape index (κ1) is 24.5. The first-order valence-corrected chi connectivity index (χ1v) is 13.5. The highest BCUT2D eigenvalue weighted by Crippen LogP contribution is 2.41. The molecular formula is C21H26F3N6O3S2+. The Balaban J connectivity index is 1.55. The molecule has 0 aromatic carbocycles. The molecule has 0 amide bonds. The lowest BCUT2D eigenvalue weighted by molar-refractivity contribution is -0.124. The first-order valence-electron chi connectivity index (χ1n) is 11.2. The molecule has 9 nitrogen and oxygen atoms in total. The quantitative estimate of drug-likeness (QED) is 0.364. The van der Waals surface area contributed by atoms with Crippen LogP contribution in [0.3, 0.4) is 0 Å².